The van der Waals surface area contributed by atoms with Gasteiger partial charge in [0.2, 0.25) is 0 Å². The first kappa shape index (κ1) is 21.2. The van der Waals surface area contributed by atoms with Gasteiger partial charge in [-0.1, -0.05) is 0 Å². The maximum absolute atomic E-state index is 9.98. The van der Waals surface area contributed by atoms with Gasteiger partial charge in [0.15, 0.2) is 0 Å². The van der Waals surface area contributed by atoms with Crippen LogP contribution in [0.3, 0.4) is 0 Å². The third-order valence-electron chi connectivity index (χ3n) is 1.50. The molecule has 0 aliphatic heterocycles. The molecule has 0 aromatic heterocycles. The Kier molecular flexibility index (Phi) is 14.2. The van der Waals surface area contributed by atoms with E-state index < -0.39 is 37.0 Å². The molecule has 0 bridgehead atoms. The molecule has 0 amide bonds. The van der Waals surface area contributed by atoms with E-state index in [0.717, 1.165) is 0 Å². The van der Waals surface area contributed by atoms with Gasteiger partial charge in [0.05, 0.1) is 12.6 Å². The molecule has 0 aliphatic rings. The number of carbonyl (C=O) groups excluding carboxylic acids is 1. The minimum atomic E-state index is -2.31. The van der Waals surface area contributed by atoms with Crippen LogP contribution < -0.4 is 56.5 Å². The van der Waals surface area contributed by atoms with Crippen LogP contribution in [0.4, 0.5) is 0 Å². The van der Waals surface area contributed by atoms with Crippen molar-refractivity contribution in [1.29, 1.82) is 0 Å². The zero-order chi connectivity index (χ0) is 10.6. The first-order valence-electron chi connectivity index (χ1n) is 3.45. The molecule has 86 valence electrons. The van der Waals surface area contributed by atoms with Crippen molar-refractivity contribution < 1.29 is 92.3 Å². The van der Waals surface area contributed by atoms with Crippen molar-refractivity contribution in [1.82, 2.24) is 0 Å². The van der Waals surface area contributed by atoms with Crippen LogP contribution in [0.15, 0.2) is 0 Å². The molecule has 0 radical (unpaired) electrons. The molecule has 0 spiro atoms. The molecule has 0 aliphatic carbocycles. The summed E-state index contributed by atoms with van der Waals surface area (Å²) in [6.45, 7) is -0.863. The van der Waals surface area contributed by atoms with Crippen molar-refractivity contribution in [3.63, 3.8) is 0 Å². The van der Waals surface area contributed by atoms with E-state index in [-0.39, 0.29) is 56.9 Å². The van der Waals surface area contributed by atoms with Gasteiger partial charge in [0.25, 0.3) is 0 Å². The average Bonchev–Trinajstić information content (AvgIpc) is 2.12. The van der Waals surface area contributed by atoms with Crippen LogP contribution in [0.5, 0.6) is 0 Å². The third-order valence-corrected chi connectivity index (χ3v) is 1.50. The Morgan fingerprint density at radius 2 is 1.53 bits per heavy atom. The molecule has 0 saturated carbocycles. The minimum absolute atomic E-state index is 0. The van der Waals surface area contributed by atoms with Crippen molar-refractivity contribution in [2.45, 2.75) is 24.4 Å². The smallest absolute Gasteiger partial charge is 0.547 e. The average molecular weight is 252 g/mol. The molecule has 0 unspecified atom stereocenters. The van der Waals surface area contributed by atoms with Gasteiger partial charge in [0.1, 0.15) is 24.4 Å². The van der Waals surface area contributed by atoms with Crippen LogP contribution in [-0.2, 0) is 4.79 Å². The standard InChI is InChI=1S/C6H12O7.K.H2O/c7-1-2(8)3(9)4(10)5(11)6(12)13;;/h2-5,7-11H,1H2,(H,12,13);;1H2/q;+1;/p-1/t2-,3-,4+,5-;;/m1../s1. The molecule has 7 N–H and O–H groups in total. The number of carbonyl (C=O) groups is 1. The first-order valence-corrected chi connectivity index (χ1v) is 3.45. The molecule has 0 heterocycles. The van der Waals surface area contributed by atoms with E-state index in [1.165, 1.54) is 0 Å². The van der Waals surface area contributed by atoms with E-state index in [9.17, 15) is 9.90 Å². The molecule has 0 aromatic carbocycles. The SMILES string of the molecule is O.O=C([O-])[C@H](O)[C@@H](O)[C@H](O)[C@H](O)CO.[K+]. The van der Waals surface area contributed by atoms with Gasteiger partial charge in [-0.3, -0.25) is 0 Å². The molecule has 8 nitrogen and oxygen atoms in total. The number of carboxylic acids is 1. The first-order chi connectivity index (χ1) is 5.91. The normalized spacial score (nSPS) is 17.7. The molecule has 0 fully saturated rings. The summed E-state index contributed by atoms with van der Waals surface area (Å²) in [5.74, 6) is -1.98. The van der Waals surface area contributed by atoms with Crippen LogP contribution in [0.2, 0.25) is 0 Å². The number of aliphatic hydroxyl groups excluding tert-OH is 5. The summed E-state index contributed by atoms with van der Waals surface area (Å²) >= 11 is 0. The van der Waals surface area contributed by atoms with Crippen molar-refractivity contribution in [2.24, 2.45) is 0 Å². The van der Waals surface area contributed by atoms with Crippen LogP contribution in [-0.4, -0.2) is 68.0 Å². The van der Waals surface area contributed by atoms with Crippen LogP contribution >= 0.6 is 0 Å². The molecule has 4 atom stereocenters. The summed E-state index contributed by atoms with van der Waals surface area (Å²) < 4.78 is 0. The molecule has 9 heteroatoms. The number of aliphatic hydroxyl groups is 5. The number of carboxylic acid groups (broad SMARTS) is 1. The van der Waals surface area contributed by atoms with Gasteiger partial charge < -0.3 is 40.9 Å². The van der Waals surface area contributed by atoms with Gasteiger partial charge in [-0.15, -0.1) is 0 Å². The van der Waals surface area contributed by atoms with Gasteiger partial charge >= 0.3 is 51.4 Å². The quantitative estimate of drug-likeness (QED) is 0.302. The Hall–Kier alpha value is 0.866. The van der Waals surface area contributed by atoms with E-state index in [1.54, 1.807) is 0 Å². The molecule has 0 aromatic rings. The number of aliphatic carboxylic acids is 1. The Labute approximate surface area is 128 Å². The molecular weight excluding hydrogens is 239 g/mol. The van der Waals surface area contributed by atoms with Gasteiger partial charge in [-0.25, -0.2) is 0 Å². The van der Waals surface area contributed by atoms with Crippen LogP contribution in [0, 0.1) is 0 Å². The van der Waals surface area contributed by atoms with E-state index in [2.05, 4.69) is 0 Å². The monoisotopic (exact) mass is 252 g/mol. The minimum Gasteiger partial charge on any atom is -0.547 e. The second-order valence-electron chi connectivity index (χ2n) is 2.49. The summed E-state index contributed by atoms with van der Waals surface area (Å²) in [7, 11) is 0. The third kappa shape index (κ3) is 6.91. The topological polar surface area (TPSA) is 173 Å². The fourth-order valence-electron chi connectivity index (χ4n) is 0.662. The fourth-order valence-corrected chi connectivity index (χ4v) is 0.662. The molecule has 15 heavy (non-hydrogen) atoms. The van der Waals surface area contributed by atoms with Crippen LogP contribution in [0.25, 0.3) is 0 Å². The second-order valence-corrected chi connectivity index (χ2v) is 2.49. The number of hydrogen-bond donors (Lipinski definition) is 5. The predicted octanol–water partition coefficient (Wildman–Crippen LogP) is -8.65. The summed E-state index contributed by atoms with van der Waals surface area (Å²) in [6.07, 6.45) is -8.08. The van der Waals surface area contributed by atoms with Gasteiger partial charge in [-0.2, -0.15) is 0 Å². The fraction of sp³-hybridized carbons (Fsp3) is 0.833. The van der Waals surface area contributed by atoms with Gasteiger partial charge in [0, 0.05) is 0 Å². The van der Waals surface area contributed by atoms with Crippen LogP contribution in [0.1, 0.15) is 0 Å². The summed E-state index contributed by atoms with van der Waals surface area (Å²) in [4.78, 5) is 9.98. The maximum Gasteiger partial charge on any atom is 1.00 e. The number of hydrogen-bond acceptors (Lipinski definition) is 7. The second kappa shape index (κ2) is 10.0. The largest absolute Gasteiger partial charge is 1.00 e. The zero-order valence-electron chi connectivity index (χ0n) is 8.07. The molecule has 0 saturated heterocycles. The Morgan fingerprint density at radius 1 is 1.13 bits per heavy atom. The summed E-state index contributed by atoms with van der Waals surface area (Å²) in [5, 5.41) is 53.4. The molecular formula is C6H13KO8. The maximum atomic E-state index is 9.98. The summed E-state index contributed by atoms with van der Waals surface area (Å²) in [5.41, 5.74) is 0. The Morgan fingerprint density at radius 3 is 1.80 bits per heavy atom. The predicted molar refractivity (Wildman–Crippen MR) is 39.7 cm³/mol. The van der Waals surface area contributed by atoms with Crippen molar-refractivity contribution in [3.8, 4) is 0 Å². The van der Waals surface area contributed by atoms with E-state index in [0.29, 0.717) is 0 Å². The number of rotatable bonds is 5. The zero-order valence-corrected chi connectivity index (χ0v) is 11.2. The summed E-state index contributed by atoms with van der Waals surface area (Å²) in [6, 6.07) is 0. The van der Waals surface area contributed by atoms with Crippen molar-refractivity contribution in [2.75, 3.05) is 6.61 Å². The Bertz CT molecular complexity index is 177. The van der Waals surface area contributed by atoms with Crippen molar-refractivity contribution in [3.05, 3.63) is 0 Å². The van der Waals surface area contributed by atoms with E-state index in [1.807, 2.05) is 0 Å². The van der Waals surface area contributed by atoms with E-state index >= 15 is 0 Å². The van der Waals surface area contributed by atoms with Crippen molar-refractivity contribution >= 4 is 5.97 Å². The van der Waals surface area contributed by atoms with E-state index in [4.69, 9.17) is 25.5 Å². The Balaban J connectivity index is -0.000000720. The molecule has 0 rings (SSSR count). The van der Waals surface area contributed by atoms with Gasteiger partial charge in [-0.05, 0) is 0 Å².